The van der Waals surface area contributed by atoms with Crippen LogP contribution >= 0.6 is 11.6 Å². The largest absolute Gasteiger partial charge is 0.451 e. The number of aromatic nitrogens is 3. The Morgan fingerprint density at radius 1 is 1.20 bits per heavy atom. The summed E-state index contributed by atoms with van der Waals surface area (Å²) in [5, 5.41) is 7.78. The zero-order chi connectivity index (χ0) is 20.7. The van der Waals surface area contributed by atoms with E-state index in [0.29, 0.717) is 46.4 Å². The summed E-state index contributed by atoms with van der Waals surface area (Å²) < 4.78 is 5.91. The Balaban J connectivity index is 1.49. The number of hydrogen-bond donors (Lipinski definition) is 2. The Labute approximate surface area is 177 Å². The molecule has 9 heteroatoms. The van der Waals surface area contributed by atoms with E-state index in [1.165, 1.54) is 6.33 Å². The van der Waals surface area contributed by atoms with E-state index >= 15 is 0 Å². The molecule has 1 saturated heterocycles. The Morgan fingerprint density at radius 3 is 2.87 bits per heavy atom. The van der Waals surface area contributed by atoms with Crippen molar-refractivity contribution in [1.29, 1.82) is 0 Å². The van der Waals surface area contributed by atoms with Crippen LogP contribution in [0.25, 0.3) is 22.0 Å². The lowest BCUT2D eigenvalue weighted by Crippen LogP contribution is -2.46. The van der Waals surface area contributed by atoms with Crippen molar-refractivity contribution in [2.45, 2.75) is 6.92 Å². The van der Waals surface area contributed by atoms with E-state index in [1.807, 2.05) is 30.0 Å². The topological polar surface area (TPSA) is 96.2 Å². The van der Waals surface area contributed by atoms with Gasteiger partial charge in [0.2, 0.25) is 0 Å². The van der Waals surface area contributed by atoms with Crippen molar-refractivity contribution in [2.75, 3.05) is 31.5 Å². The molecule has 5 rings (SSSR count). The van der Waals surface area contributed by atoms with Gasteiger partial charge in [0.25, 0.3) is 5.91 Å². The Hall–Kier alpha value is -3.23. The average molecular weight is 423 g/mol. The van der Waals surface area contributed by atoms with Crippen LogP contribution in [0.3, 0.4) is 0 Å². The molecule has 0 bridgehead atoms. The van der Waals surface area contributed by atoms with Gasteiger partial charge in [-0.3, -0.25) is 4.79 Å². The van der Waals surface area contributed by atoms with Gasteiger partial charge in [-0.1, -0.05) is 11.6 Å². The van der Waals surface area contributed by atoms with Crippen LogP contribution in [0, 0.1) is 6.92 Å². The van der Waals surface area contributed by atoms with Gasteiger partial charge in [-0.15, -0.1) is 0 Å². The van der Waals surface area contributed by atoms with E-state index in [-0.39, 0.29) is 5.91 Å². The van der Waals surface area contributed by atoms with Crippen molar-refractivity contribution in [2.24, 2.45) is 0 Å². The van der Waals surface area contributed by atoms with E-state index in [0.717, 1.165) is 29.7 Å². The number of benzene rings is 1. The minimum Gasteiger partial charge on any atom is -0.451 e. The number of furan rings is 1. The van der Waals surface area contributed by atoms with Crippen LogP contribution in [0.15, 0.2) is 41.1 Å². The predicted octanol–water partition coefficient (Wildman–Crippen LogP) is 3.52. The zero-order valence-electron chi connectivity index (χ0n) is 16.3. The van der Waals surface area contributed by atoms with Crippen LogP contribution in [0.2, 0.25) is 5.15 Å². The summed E-state index contributed by atoms with van der Waals surface area (Å²) in [5.41, 5.74) is 3.58. The first-order valence-electron chi connectivity index (χ1n) is 9.67. The lowest BCUT2D eigenvalue weighted by Gasteiger charge is -2.26. The van der Waals surface area contributed by atoms with Crippen molar-refractivity contribution >= 4 is 51.0 Å². The van der Waals surface area contributed by atoms with Gasteiger partial charge in [0.05, 0.1) is 5.52 Å². The number of halogens is 1. The molecule has 3 aromatic heterocycles. The van der Waals surface area contributed by atoms with E-state index in [4.69, 9.17) is 16.0 Å². The van der Waals surface area contributed by atoms with E-state index in [2.05, 4.69) is 25.6 Å². The second-order valence-electron chi connectivity index (χ2n) is 7.16. The maximum absolute atomic E-state index is 12.9. The molecule has 1 amide bonds. The monoisotopic (exact) mass is 422 g/mol. The van der Waals surface area contributed by atoms with Crippen molar-refractivity contribution in [3.05, 3.63) is 53.1 Å². The maximum atomic E-state index is 12.9. The summed E-state index contributed by atoms with van der Waals surface area (Å²) in [6.45, 7) is 4.86. The van der Waals surface area contributed by atoms with Gasteiger partial charge in [-0.25, -0.2) is 15.0 Å². The number of aryl methyl sites for hydroxylation is 1. The molecule has 1 aromatic carbocycles. The molecule has 4 aromatic rings. The molecule has 0 radical (unpaired) electrons. The predicted molar refractivity (Wildman–Crippen MR) is 115 cm³/mol. The molecular weight excluding hydrogens is 404 g/mol. The van der Waals surface area contributed by atoms with Crippen LogP contribution in [0.1, 0.15) is 16.1 Å². The number of anilines is 2. The van der Waals surface area contributed by atoms with Crippen LogP contribution in [-0.4, -0.2) is 51.9 Å². The molecule has 8 nitrogen and oxygen atoms in total. The number of fused-ring (bicyclic) bond motifs is 2. The second-order valence-corrected chi connectivity index (χ2v) is 7.55. The number of piperazine rings is 1. The Bertz CT molecular complexity index is 1270. The van der Waals surface area contributed by atoms with E-state index < -0.39 is 0 Å². The van der Waals surface area contributed by atoms with Crippen LogP contribution in [-0.2, 0) is 0 Å². The summed E-state index contributed by atoms with van der Waals surface area (Å²) in [6.07, 6.45) is 1.48. The number of nitrogens with zero attached hydrogens (tertiary/aromatic N) is 4. The summed E-state index contributed by atoms with van der Waals surface area (Å²) in [5.74, 6) is 0.880. The van der Waals surface area contributed by atoms with E-state index in [9.17, 15) is 4.79 Å². The first-order chi connectivity index (χ1) is 14.6. The number of rotatable bonds is 3. The van der Waals surface area contributed by atoms with Gasteiger partial charge in [0, 0.05) is 42.8 Å². The third kappa shape index (κ3) is 3.34. The van der Waals surface area contributed by atoms with Gasteiger partial charge in [-0.05, 0) is 37.3 Å². The summed E-state index contributed by atoms with van der Waals surface area (Å²) in [4.78, 5) is 27.6. The van der Waals surface area contributed by atoms with Crippen molar-refractivity contribution in [1.82, 2.24) is 25.2 Å². The number of pyridine rings is 1. The molecule has 1 aliphatic rings. The molecule has 0 saturated carbocycles. The van der Waals surface area contributed by atoms with Crippen molar-refractivity contribution in [3.8, 4) is 0 Å². The lowest BCUT2D eigenvalue weighted by atomic mass is 10.1. The van der Waals surface area contributed by atoms with Crippen molar-refractivity contribution < 1.29 is 9.21 Å². The highest BCUT2D eigenvalue weighted by molar-refractivity contribution is 6.29. The highest BCUT2D eigenvalue weighted by atomic mass is 35.5. The molecule has 1 fully saturated rings. The molecule has 152 valence electrons. The average Bonchev–Trinajstić information content (AvgIpc) is 3.10. The smallest absolute Gasteiger partial charge is 0.289 e. The molecule has 0 atom stereocenters. The Morgan fingerprint density at radius 2 is 2.03 bits per heavy atom. The lowest BCUT2D eigenvalue weighted by molar-refractivity contribution is 0.0705. The first kappa shape index (κ1) is 18.8. The highest BCUT2D eigenvalue weighted by Gasteiger charge is 2.24. The number of carbonyl (C=O) groups excluding carboxylic acids is 1. The molecule has 1 aliphatic heterocycles. The molecule has 0 unspecified atom stereocenters. The molecule has 0 aliphatic carbocycles. The number of carbonyl (C=O) groups is 1. The van der Waals surface area contributed by atoms with Crippen LogP contribution in [0.5, 0.6) is 0 Å². The highest BCUT2D eigenvalue weighted by Crippen LogP contribution is 2.31. The first-order valence-corrected chi connectivity index (χ1v) is 10.1. The normalized spacial score (nSPS) is 14.4. The fourth-order valence-corrected chi connectivity index (χ4v) is 3.81. The van der Waals surface area contributed by atoms with E-state index in [1.54, 1.807) is 12.1 Å². The van der Waals surface area contributed by atoms with Gasteiger partial charge in [0.15, 0.2) is 11.6 Å². The second kappa shape index (κ2) is 7.55. The van der Waals surface area contributed by atoms with Gasteiger partial charge < -0.3 is 20.0 Å². The van der Waals surface area contributed by atoms with Crippen LogP contribution in [0.4, 0.5) is 11.5 Å². The quantitative estimate of drug-likeness (QED) is 0.487. The number of hydrogen-bond acceptors (Lipinski definition) is 7. The molecule has 4 heterocycles. The minimum atomic E-state index is -0.0691. The minimum absolute atomic E-state index is 0.0691. The summed E-state index contributed by atoms with van der Waals surface area (Å²) in [6, 6.07) is 9.17. The number of nitrogens with one attached hydrogen (secondary N) is 2. The van der Waals surface area contributed by atoms with Gasteiger partial charge in [-0.2, -0.15) is 0 Å². The van der Waals surface area contributed by atoms with Crippen molar-refractivity contribution in [3.63, 3.8) is 0 Å². The standard InChI is InChI=1S/C21H19ClN6O2/c1-12-14-10-13(26-20-18-15(24-11-25-20)3-5-17(22)27-18)2-4-16(14)30-19(12)21(29)28-8-6-23-7-9-28/h2-5,10-11,23H,6-9H2,1H3,(H,24,25,26). The third-order valence-corrected chi connectivity index (χ3v) is 5.46. The number of amides is 1. The Kier molecular flexibility index (Phi) is 4.72. The third-order valence-electron chi connectivity index (χ3n) is 5.25. The SMILES string of the molecule is Cc1c(C(=O)N2CCNCC2)oc2ccc(Nc3ncnc4ccc(Cl)nc34)cc12. The summed E-state index contributed by atoms with van der Waals surface area (Å²) in [7, 11) is 0. The fraction of sp³-hybridized carbons (Fsp3) is 0.238. The fourth-order valence-electron chi connectivity index (χ4n) is 3.66. The molecule has 0 spiro atoms. The molecule has 2 N–H and O–H groups in total. The van der Waals surface area contributed by atoms with Gasteiger partial charge in [0.1, 0.15) is 22.6 Å². The van der Waals surface area contributed by atoms with Crippen LogP contribution < -0.4 is 10.6 Å². The zero-order valence-corrected chi connectivity index (χ0v) is 17.0. The molecule has 30 heavy (non-hydrogen) atoms. The molecular formula is C21H19ClN6O2. The van der Waals surface area contributed by atoms with Gasteiger partial charge >= 0.3 is 0 Å². The maximum Gasteiger partial charge on any atom is 0.289 e. The summed E-state index contributed by atoms with van der Waals surface area (Å²) >= 11 is 6.04.